The van der Waals surface area contributed by atoms with Crippen molar-refractivity contribution in [2.45, 2.75) is 51.3 Å². The summed E-state index contributed by atoms with van der Waals surface area (Å²) in [5.74, 6) is 1.04. The molecule has 110 valence electrons. The summed E-state index contributed by atoms with van der Waals surface area (Å²) in [6.07, 6.45) is 7.50. The number of rotatable bonds is 4. The number of aromatic nitrogens is 1. The molecule has 2 heterocycles. The molecule has 3 rings (SSSR count). The van der Waals surface area contributed by atoms with Gasteiger partial charge in [0.25, 0.3) is 0 Å². The van der Waals surface area contributed by atoms with Crippen molar-refractivity contribution < 1.29 is 4.74 Å². The lowest BCUT2D eigenvalue weighted by molar-refractivity contribution is -0.0910. The number of hydrogen-bond acceptors (Lipinski definition) is 4. The Morgan fingerprint density at radius 3 is 3.20 bits per heavy atom. The zero-order valence-corrected chi connectivity index (χ0v) is 12.3. The molecule has 20 heavy (non-hydrogen) atoms. The van der Waals surface area contributed by atoms with Crippen molar-refractivity contribution >= 4 is 5.82 Å². The Bertz CT molecular complexity index is 435. The lowest BCUT2D eigenvalue weighted by Gasteiger charge is -2.44. The minimum Gasteiger partial charge on any atom is -0.375 e. The van der Waals surface area contributed by atoms with Gasteiger partial charge in [-0.25, -0.2) is 4.98 Å². The SMILES string of the molecule is CCNc1ncccc1CN1CCOC2CCCCC21. The summed E-state index contributed by atoms with van der Waals surface area (Å²) < 4.78 is 5.95. The molecular formula is C16H25N3O. The fourth-order valence-corrected chi connectivity index (χ4v) is 3.48. The Kier molecular flexibility index (Phi) is 4.53. The van der Waals surface area contributed by atoms with Gasteiger partial charge in [-0.2, -0.15) is 0 Å². The second kappa shape index (κ2) is 6.55. The van der Waals surface area contributed by atoms with Crippen LogP contribution < -0.4 is 5.32 Å². The van der Waals surface area contributed by atoms with Gasteiger partial charge in [-0.15, -0.1) is 0 Å². The third-order valence-corrected chi connectivity index (χ3v) is 4.46. The van der Waals surface area contributed by atoms with E-state index in [1.54, 1.807) is 0 Å². The molecule has 0 spiro atoms. The van der Waals surface area contributed by atoms with Gasteiger partial charge >= 0.3 is 0 Å². The van der Waals surface area contributed by atoms with Gasteiger partial charge in [-0.3, -0.25) is 4.90 Å². The van der Waals surface area contributed by atoms with E-state index in [9.17, 15) is 0 Å². The van der Waals surface area contributed by atoms with Crippen molar-refractivity contribution in [3.8, 4) is 0 Å². The Morgan fingerprint density at radius 2 is 2.30 bits per heavy atom. The number of fused-ring (bicyclic) bond motifs is 1. The fraction of sp³-hybridized carbons (Fsp3) is 0.688. The fourth-order valence-electron chi connectivity index (χ4n) is 3.48. The Hall–Kier alpha value is -1.13. The smallest absolute Gasteiger partial charge is 0.130 e. The van der Waals surface area contributed by atoms with Crippen LogP contribution in [0.2, 0.25) is 0 Å². The predicted molar refractivity (Wildman–Crippen MR) is 80.8 cm³/mol. The summed E-state index contributed by atoms with van der Waals surface area (Å²) >= 11 is 0. The molecule has 4 nitrogen and oxygen atoms in total. The summed E-state index contributed by atoms with van der Waals surface area (Å²) in [5, 5.41) is 3.37. The van der Waals surface area contributed by atoms with Gasteiger partial charge in [0, 0.05) is 37.4 Å². The zero-order chi connectivity index (χ0) is 13.8. The summed E-state index contributed by atoms with van der Waals surface area (Å²) in [7, 11) is 0. The monoisotopic (exact) mass is 275 g/mol. The number of anilines is 1. The van der Waals surface area contributed by atoms with Crippen LogP contribution in [-0.2, 0) is 11.3 Å². The molecular weight excluding hydrogens is 250 g/mol. The number of morpholine rings is 1. The van der Waals surface area contributed by atoms with Crippen LogP contribution in [0, 0.1) is 0 Å². The van der Waals surface area contributed by atoms with Gasteiger partial charge in [0.05, 0.1) is 12.7 Å². The van der Waals surface area contributed by atoms with Crippen LogP contribution >= 0.6 is 0 Å². The first kappa shape index (κ1) is 13.8. The van der Waals surface area contributed by atoms with Crippen LogP contribution in [0.15, 0.2) is 18.3 Å². The normalized spacial score (nSPS) is 27.1. The molecule has 0 amide bonds. The second-order valence-electron chi connectivity index (χ2n) is 5.77. The summed E-state index contributed by atoms with van der Waals surface area (Å²) in [5.41, 5.74) is 1.31. The molecule has 0 aromatic carbocycles. The molecule has 4 heteroatoms. The maximum Gasteiger partial charge on any atom is 0.130 e. The number of hydrogen-bond donors (Lipinski definition) is 1. The van der Waals surface area contributed by atoms with Crippen LogP contribution in [0.1, 0.15) is 38.2 Å². The molecule has 1 N–H and O–H groups in total. The van der Waals surface area contributed by atoms with Crippen LogP contribution in [0.3, 0.4) is 0 Å². The molecule has 2 fully saturated rings. The molecule has 1 aromatic rings. The molecule has 1 aliphatic carbocycles. The number of nitrogens with zero attached hydrogens (tertiary/aromatic N) is 2. The van der Waals surface area contributed by atoms with Gasteiger partial charge in [-0.1, -0.05) is 18.9 Å². The molecule has 1 saturated carbocycles. The molecule has 0 radical (unpaired) electrons. The van der Waals surface area contributed by atoms with Crippen LogP contribution in [-0.4, -0.2) is 41.7 Å². The zero-order valence-electron chi connectivity index (χ0n) is 12.3. The quantitative estimate of drug-likeness (QED) is 0.916. The van der Waals surface area contributed by atoms with E-state index in [-0.39, 0.29) is 0 Å². The minimum absolute atomic E-state index is 0.455. The van der Waals surface area contributed by atoms with Crippen molar-refractivity contribution in [3.63, 3.8) is 0 Å². The first-order valence-corrected chi connectivity index (χ1v) is 7.92. The van der Waals surface area contributed by atoms with E-state index in [0.717, 1.165) is 32.1 Å². The molecule has 2 unspecified atom stereocenters. The highest BCUT2D eigenvalue weighted by molar-refractivity contribution is 5.43. The first-order chi connectivity index (χ1) is 9.88. The highest BCUT2D eigenvalue weighted by atomic mass is 16.5. The van der Waals surface area contributed by atoms with Crippen molar-refractivity contribution in [3.05, 3.63) is 23.9 Å². The molecule has 2 aliphatic rings. The summed E-state index contributed by atoms with van der Waals surface area (Å²) in [4.78, 5) is 7.07. The second-order valence-corrected chi connectivity index (χ2v) is 5.77. The van der Waals surface area contributed by atoms with E-state index in [4.69, 9.17) is 4.74 Å². The average molecular weight is 275 g/mol. The molecule has 1 saturated heterocycles. The van der Waals surface area contributed by atoms with Gasteiger partial charge in [0.1, 0.15) is 5.82 Å². The van der Waals surface area contributed by atoms with Crippen molar-refractivity contribution in [1.29, 1.82) is 0 Å². The predicted octanol–water partition coefficient (Wildman–Crippen LogP) is 2.66. The Labute approximate surface area is 121 Å². The van der Waals surface area contributed by atoms with Crippen LogP contribution in [0.4, 0.5) is 5.82 Å². The average Bonchev–Trinajstić information content (AvgIpc) is 2.50. The van der Waals surface area contributed by atoms with E-state index in [2.05, 4.69) is 28.2 Å². The van der Waals surface area contributed by atoms with E-state index >= 15 is 0 Å². The maximum absolute atomic E-state index is 5.95. The number of nitrogens with one attached hydrogen (secondary N) is 1. The minimum atomic E-state index is 0.455. The maximum atomic E-state index is 5.95. The topological polar surface area (TPSA) is 37.4 Å². The van der Waals surface area contributed by atoms with E-state index in [0.29, 0.717) is 12.1 Å². The highest BCUT2D eigenvalue weighted by Crippen LogP contribution is 2.30. The molecule has 1 aliphatic heterocycles. The summed E-state index contributed by atoms with van der Waals surface area (Å²) in [6, 6.07) is 4.83. The highest BCUT2D eigenvalue weighted by Gasteiger charge is 2.34. The third kappa shape index (κ3) is 2.96. The lowest BCUT2D eigenvalue weighted by Crippen LogP contribution is -2.52. The van der Waals surface area contributed by atoms with E-state index < -0.39 is 0 Å². The lowest BCUT2D eigenvalue weighted by atomic mass is 9.90. The molecule has 0 bridgehead atoms. The van der Waals surface area contributed by atoms with Crippen molar-refractivity contribution in [2.24, 2.45) is 0 Å². The Balaban J connectivity index is 1.73. The van der Waals surface area contributed by atoms with Gasteiger partial charge in [0.2, 0.25) is 0 Å². The van der Waals surface area contributed by atoms with E-state index in [1.807, 2.05) is 12.3 Å². The molecule has 2 atom stereocenters. The van der Waals surface area contributed by atoms with E-state index in [1.165, 1.54) is 31.2 Å². The van der Waals surface area contributed by atoms with Gasteiger partial charge in [-0.05, 0) is 25.8 Å². The van der Waals surface area contributed by atoms with Crippen molar-refractivity contribution in [1.82, 2.24) is 9.88 Å². The van der Waals surface area contributed by atoms with Crippen LogP contribution in [0.5, 0.6) is 0 Å². The largest absolute Gasteiger partial charge is 0.375 e. The first-order valence-electron chi connectivity index (χ1n) is 7.92. The third-order valence-electron chi connectivity index (χ3n) is 4.46. The standard InChI is InChI=1S/C16H25N3O/c1-2-17-16-13(6-5-9-18-16)12-19-10-11-20-15-8-4-3-7-14(15)19/h5-6,9,14-15H,2-4,7-8,10-12H2,1H3,(H,17,18). The number of pyridine rings is 1. The van der Waals surface area contributed by atoms with Gasteiger partial charge < -0.3 is 10.1 Å². The van der Waals surface area contributed by atoms with Crippen LogP contribution in [0.25, 0.3) is 0 Å². The summed E-state index contributed by atoms with van der Waals surface area (Å²) in [6.45, 7) is 5.93. The van der Waals surface area contributed by atoms with Gasteiger partial charge in [0.15, 0.2) is 0 Å². The van der Waals surface area contributed by atoms with Crippen molar-refractivity contribution in [2.75, 3.05) is 25.0 Å². The molecule has 1 aromatic heterocycles. The number of ether oxygens (including phenoxy) is 1. The Morgan fingerprint density at radius 1 is 1.40 bits per heavy atom.